The normalized spacial score (nSPS) is 12.3. The summed E-state index contributed by atoms with van der Waals surface area (Å²) in [5.41, 5.74) is 6.76. The van der Waals surface area contributed by atoms with Crippen molar-refractivity contribution in [3.05, 3.63) is 52.1 Å². The maximum Gasteiger partial charge on any atom is 0.189 e. The Bertz CT molecular complexity index is 925. The van der Waals surface area contributed by atoms with E-state index in [4.69, 9.17) is 14.2 Å². The van der Waals surface area contributed by atoms with Gasteiger partial charge in [0.25, 0.3) is 0 Å². The summed E-state index contributed by atoms with van der Waals surface area (Å²) in [5, 5.41) is 0. The Hall–Kier alpha value is -1.49. The van der Waals surface area contributed by atoms with Crippen LogP contribution in [0.2, 0.25) is 0 Å². The first-order valence-electron chi connectivity index (χ1n) is 12.1. The average Bonchev–Trinajstić information content (AvgIpc) is 2.70. The van der Waals surface area contributed by atoms with Crippen molar-refractivity contribution in [3.63, 3.8) is 0 Å². The van der Waals surface area contributed by atoms with Gasteiger partial charge in [-0.1, -0.05) is 65.4 Å². The Labute approximate surface area is 206 Å². The molecule has 33 heavy (non-hydrogen) atoms. The highest BCUT2D eigenvalue weighted by Gasteiger charge is 2.26. The molecule has 3 nitrogen and oxygen atoms in total. The van der Waals surface area contributed by atoms with Gasteiger partial charge in [0.2, 0.25) is 0 Å². The van der Waals surface area contributed by atoms with Gasteiger partial charge in [-0.15, -0.1) is 0 Å². The van der Waals surface area contributed by atoms with Gasteiger partial charge in [0.15, 0.2) is 6.79 Å². The number of methoxy groups -OCH3 is 1. The van der Waals surface area contributed by atoms with E-state index >= 15 is 0 Å². The van der Waals surface area contributed by atoms with E-state index in [1.807, 2.05) is 18.7 Å². The molecule has 0 fully saturated rings. The van der Waals surface area contributed by atoms with Gasteiger partial charge in [-0.2, -0.15) is 0 Å². The van der Waals surface area contributed by atoms with Crippen LogP contribution in [0.1, 0.15) is 82.7 Å². The van der Waals surface area contributed by atoms with Crippen molar-refractivity contribution in [1.29, 1.82) is 0 Å². The summed E-state index contributed by atoms with van der Waals surface area (Å²) in [6, 6.07) is 8.98. The fraction of sp³-hybridized carbons (Fsp3) is 0.586. The molecular formula is C29H44O3S. The van der Waals surface area contributed by atoms with Crippen LogP contribution in [-0.2, 0) is 27.9 Å². The first kappa shape index (κ1) is 27.8. The van der Waals surface area contributed by atoms with Crippen LogP contribution in [0.15, 0.2) is 34.1 Å². The summed E-state index contributed by atoms with van der Waals surface area (Å²) in [6.07, 6.45) is 2.07. The number of hydrogen-bond donors (Lipinski definition) is 0. The Morgan fingerprint density at radius 1 is 0.879 bits per heavy atom. The molecule has 0 aromatic heterocycles. The lowest BCUT2D eigenvalue weighted by Gasteiger charge is -2.29. The van der Waals surface area contributed by atoms with Crippen LogP contribution in [-0.4, -0.2) is 20.5 Å². The zero-order chi connectivity index (χ0) is 24.8. The topological polar surface area (TPSA) is 27.7 Å². The van der Waals surface area contributed by atoms with E-state index < -0.39 is 0 Å². The molecule has 0 saturated heterocycles. The number of hydrogen-bond acceptors (Lipinski definition) is 4. The van der Waals surface area contributed by atoms with Crippen molar-refractivity contribution >= 4 is 11.8 Å². The number of rotatable bonds is 11. The van der Waals surface area contributed by atoms with Crippen molar-refractivity contribution in [2.24, 2.45) is 5.41 Å². The minimum Gasteiger partial charge on any atom is -0.468 e. The third kappa shape index (κ3) is 7.77. The first-order chi connectivity index (χ1) is 15.4. The molecule has 0 aliphatic rings. The smallest absolute Gasteiger partial charge is 0.189 e. The van der Waals surface area contributed by atoms with Gasteiger partial charge < -0.3 is 14.2 Å². The molecule has 0 aliphatic carbocycles. The Kier molecular flexibility index (Phi) is 9.90. The van der Waals surface area contributed by atoms with Crippen molar-refractivity contribution in [1.82, 2.24) is 0 Å². The summed E-state index contributed by atoms with van der Waals surface area (Å²) in [7, 11) is 1.76. The summed E-state index contributed by atoms with van der Waals surface area (Å²) in [4.78, 5) is 2.70. The third-order valence-electron chi connectivity index (χ3n) is 6.02. The molecule has 2 rings (SSSR count). The molecule has 2 aromatic rings. The first-order valence-corrected chi connectivity index (χ1v) is 12.9. The maximum atomic E-state index is 5.92. The molecule has 0 unspecified atom stereocenters. The fourth-order valence-corrected chi connectivity index (χ4v) is 5.33. The van der Waals surface area contributed by atoms with E-state index in [-0.39, 0.29) is 17.6 Å². The van der Waals surface area contributed by atoms with Crippen LogP contribution >= 0.6 is 11.8 Å². The van der Waals surface area contributed by atoms with Crippen LogP contribution in [0, 0.1) is 19.3 Å². The lowest BCUT2D eigenvalue weighted by atomic mass is 9.81. The molecule has 2 aromatic carbocycles. The number of benzene rings is 2. The highest BCUT2D eigenvalue weighted by atomic mass is 32.2. The predicted molar refractivity (Wildman–Crippen MR) is 141 cm³/mol. The second kappa shape index (κ2) is 11.8. The van der Waals surface area contributed by atoms with Crippen molar-refractivity contribution < 1.29 is 14.2 Å². The minimum atomic E-state index is 0.0339. The van der Waals surface area contributed by atoms with Gasteiger partial charge in [0.05, 0.1) is 6.61 Å². The second-order valence-electron chi connectivity index (χ2n) is 10.8. The third-order valence-corrected chi connectivity index (χ3v) is 7.56. The molecule has 0 bridgehead atoms. The molecule has 4 heteroatoms. The highest BCUT2D eigenvalue weighted by molar-refractivity contribution is 7.99. The fourth-order valence-electron chi connectivity index (χ4n) is 3.97. The van der Waals surface area contributed by atoms with Crippen molar-refractivity contribution in [2.45, 2.75) is 97.0 Å². The van der Waals surface area contributed by atoms with Gasteiger partial charge in [-0.3, -0.25) is 0 Å². The summed E-state index contributed by atoms with van der Waals surface area (Å²) < 4.78 is 16.8. The molecule has 0 atom stereocenters. The summed E-state index contributed by atoms with van der Waals surface area (Å²) in [6.45, 7) is 21.8. The Morgan fingerprint density at radius 3 is 2.12 bits per heavy atom. The molecule has 0 saturated carbocycles. The molecular weight excluding hydrogens is 428 g/mol. The van der Waals surface area contributed by atoms with E-state index in [9.17, 15) is 0 Å². The van der Waals surface area contributed by atoms with Gasteiger partial charge in [-0.25, -0.2) is 0 Å². The highest BCUT2D eigenvalue weighted by Crippen LogP contribution is 2.45. The quantitative estimate of drug-likeness (QED) is 0.243. The van der Waals surface area contributed by atoms with Crippen molar-refractivity contribution in [3.8, 4) is 5.75 Å². The lowest BCUT2D eigenvalue weighted by molar-refractivity contribution is 0.0222. The molecule has 184 valence electrons. The van der Waals surface area contributed by atoms with E-state index in [1.165, 1.54) is 37.6 Å². The van der Waals surface area contributed by atoms with E-state index in [0.29, 0.717) is 13.2 Å². The zero-order valence-corrected chi connectivity index (χ0v) is 23.3. The number of aryl methyl sites for hydroxylation is 2. The summed E-state index contributed by atoms with van der Waals surface area (Å²) in [5.74, 6) is 0.879. The zero-order valence-electron chi connectivity index (χ0n) is 22.5. The van der Waals surface area contributed by atoms with Gasteiger partial charge in [0, 0.05) is 23.5 Å². The summed E-state index contributed by atoms with van der Waals surface area (Å²) >= 11 is 1.91. The molecule has 0 amide bonds. The number of ether oxygens (including phenoxy) is 3. The minimum absolute atomic E-state index is 0.0339. The van der Waals surface area contributed by atoms with Gasteiger partial charge in [0.1, 0.15) is 5.75 Å². The van der Waals surface area contributed by atoms with Crippen LogP contribution in [0.5, 0.6) is 5.75 Å². The standard InChI is InChI=1S/C29H44O3S/c1-11-29(8,9)25-16-24(32-19-31-12-2)14-21(4)27(25)33-26-20(3)13-22(18-30-10)15-23(26)17-28(5,6)7/h13-16H,11-12,17-19H2,1-10H3. The maximum absolute atomic E-state index is 5.92. The second-order valence-corrected chi connectivity index (χ2v) is 11.8. The van der Waals surface area contributed by atoms with Crippen LogP contribution in [0.4, 0.5) is 0 Å². The lowest BCUT2D eigenvalue weighted by Crippen LogP contribution is -2.18. The molecule has 0 N–H and O–H groups in total. The molecule has 0 spiro atoms. The Balaban J connectivity index is 2.61. The van der Waals surface area contributed by atoms with E-state index in [1.54, 1.807) is 7.11 Å². The largest absolute Gasteiger partial charge is 0.468 e. The van der Waals surface area contributed by atoms with Gasteiger partial charge in [-0.05, 0) is 84.4 Å². The van der Waals surface area contributed by atoms with Gasteiger partial charge >= 0.3 is 0 Å². The van der Waals surface area contributed by atoms with Crippen molar-refractivity contribution in [2.75, 3.05) is 20.5 Å². The molecule has 0 aliphatic heterocycles. The van der Waals surface area contributed by atoms with Crippen LogP contribution in [0.25, 0.3) is 0 Å². The van der Waals surface area contributed by atoms with Crippen LogP contribution in [0.3, 0.4) is 0 Å². The average molecular weight is 473 g/mol. The van der Waals surface area contributed by atoms with E-state index in [0.717, 1.165) is 18.6 Å². The molecule has 0 heterocycles. The monoisotopic (exact) mass is 472 g/mol. The predicted octanol–water partition coefficient (Wildman–Crippen LogP) is 8.25. The van der Waals surface area contributed by atoms with Crippen LogP contribution < -0.4 is 4.74 Å². The SMILES string of the molecule is CCOCOc1cc(C)c(Sc2c(C)cc(COC)cc2CC(C)(C)C)c(C(C)(C)CC)c1. The molecule has 0 radical (unpaired) electrons. The van der Waals surface area contributed by atoms with E-state index in [2.05, 4.69) is 79.7 Å². The Morgan fingerprint density at radius 2 is 1.55 bits per heavy atom.